The lowest BCUT2D eigenvalue weighted by molar-refractivity contribution is -0.137. The quantitative estimate of drug-likeness (QED) is 0.810. The maximum Gasteiger partial charge on any atom is 0.419 e. The number of aromatic nitrogens is 2. The van der Waals surface area contributed by atoms with Gasteiger partial charge in [-0.3, -0.25) is 9.48 Å². The summed E-state index contributed by atoms with van der Waals surface area (Å²) in [5.74, 6) is -0.941. The van der Waals surface area contributed by atoms with Gasteiger partial charge in [0, 0.05) is 12.6 Å². The van der Waals surface area contributed by atoms with E-state index in [1.165, 1.54) is 18.2 Å². The Bertz CT molecular complexity index is 619. The molecular weight excluding hydrogens is 276 g/mol. The second kappa shape index (κ2) is 5.44. The first-order valence-electron chi connectivity index (χ1n) is 5.71. The van der Waals surface area contributed by atoms with Crippen molar-refractivity contribution in [3.63, 3.8) is 0 Å². The van der Waals surface area contributed by atoms with Crippen LogP contribution in [0.2, 0.25) is 0 Å². The molecule has 0 radical (unpaired) electrons. The summed E-state index contributed by atoms with van der Waals surface area (Å²) >= 11 is 0. The lowest BCUT2D eigenvalue weighted by Crippen LogP contribution is -2.14. The monoisotopic (exact) mass is 286 g/mol. The van der Waals surface area contributed by atoms with Crippen molar-refractivity contribution in [1.29, 1.82) is 0 Å². The number of halogens is 4. The van der Waals surface area contributed by atoms with Crippen molar-refractivity contribution >= 4 is 5.78 Å². The molecule has 0 unspecified atom stereocenters. The minimum Gasteiger partial charge on any atom is -0.297 e. The van der Waals surface area contributed by atoms with E-state index in [4.69, 9.17) is 0 Å². The van der Waals surface area contributed by atoms with Crippen LogP contribution in [-0.4, -0.2) is 15.6 Å². The van der Waals surface area contributed by atoms with Crippen molar-refractivity contribution in [1.82, 2.24) is 9.78 Å². The van der Waals surface area contributed by atoms with Crippen LogP contribution in [0.5, 0.6) is 0 Å². The van der Waals surface area contributed by atoms with Crippen LogP contribution < -0.4 is 0 Å². The zero-order valence-corrected chi connectivity index (χ0v) is 10.2. The number of rotatable bonds is 4. The first kappa shape index (κ1) is 14.2. The first-order valence-corrected chi connectivity index (χ1v) is 5.71. The van der Waals surface area contributed by atoms with Gasteiger partial charge in [-0.15, -0.1) is 0 Å². The van der Waals surface area contributed by atoms with Gasteiger partial charge in [-0.05, 0) is 11.6 Å². The highest BCUT2D eigenvalue weighted by Gasteiger charge is 2.32. The molecule has 1 aromatic heterocycles. The lowest BCUT2D eigenvalue weighted by atomic mass is 10.1. The van der Waals surface area contributed by atoms with E-state index in [9.17, 15) is 22.4 Å². The minimum atomic E-state index is -4.49. The number of Topliss-reactive ketones (excluding diaryl/α,β-unsaturated/α-hetero) is 1. The topological polar surface area (TPSA) is 34.9 Å². The predicted molar refractivity (Wildman–Crippen MR) is 62.3 cm³/mol. The normalized spacial score (nSPS) is 11.6. The second-order valence-corrected chi connectivity index (χ2v) is 4.23. The average Bonchev–Trinajstić information content (AvgIpc) is 2.80. The third kappa shape index (κ3) is 3.43. The average molecular weight is 286 g/mol. The highest BCUT2D eigenvalue weighted by molar-refractivity contribution is 5.80. The fourth-order valence-electron chi connectivity index (χ4n) is 1.69. The van der Waals surface area contributed by atoms with Gasteiger partial charge in [0.05, 0.1) is 18.3 Å². The standard InChI is InChI=1S/C13H10F4N2O/c14-12-4-2-1-3-9(12)5-11(20)8-19-7-10(6-18-19)13(15,16)17/h1-4,6-7H,5,8H2. The van der Waals surface area contributed by atoms with Crippen molar-refractivity contribution in [2.45, 2.75) is 19.1 Å². The smallest absolute Gasteiger partial charge is 0.297 e. The third-order valence-corrected chi connectivity index (χ3v) is 2.64. The van der Waals surface area contributed by atoms with Crippen LogP contribution in [0.1, 0.15) is 11.1 Å². The van der Waals surface area contributed by atoms with Gasteiger partial charge in [-0.2, -0.15) is 18.3 Å². The Balaban J connectivity index is 2.02. The van der Waals surface area contributed by atoms with E-state index < -0.39 is 23.3 Å². The Morgan fingerprint density at radius 2 is 1.95 bits per heavy atom. The summed E-state index contributed by atoms with van der Waals surface area (Å²) in [7, 11) is 0. The molecule has 106 valence electrons. The lowest BCUT2D eigenvalue weighted by Gasteiger charge is -2.03. The largest absolute Gasteiger partial charge is 0.419 e. The Labute approximate surface area is 111 Å². The van der Waals surface area contributed by atoms with Gasteiger partial charge in [0.15, 0.2) is 5.78 Å². The fourth-order valence-corrected chi connectivity index (χ4v) is 1.69. The molecule has 0 aliphatic rings. The van der Waals surface area contributed by atoms with Gasteiger partial charge in [0.25, 0.3) is 0 Å². The molecular formula is C13H10F4N2O. The van der Waals surface area contributed by atoms with Gasteiger partial charge in [-0.25, -0.2) is 4.39 Å². The van der Waals surface area contributed by atoms with Gasteiger partial charge >= 0.3 is 6.18 Å². The zero-order valence-electron chi connectivity index (χ0n) is 10.2. The van der Waals surface area contributed by atoms with E-state index in [1.54, 1.807) is 6.07 Å². The van der Waals surface area contributed by atoms with Crippen LogP contribution in [0, 0.1) is 5.82 Å². The SMILES string of the molecule is O=C(Cc1ccccc1F)Cn1cc(C(F)(F)F)cn1. The molecule has 0 atom stereocenters. The molecule has 0 bridgehead atoms. The Morgan fingerprint density at radius 1 is 1.25 bits per heavy atom. The maximum absolute atomic E-state index is 13.3. The Kier molecular flexibility index (Phi) is 3.87. The van der Waals surface area contributed by atoms with Crippen molar-refractivity contribution in [3.05, 3.63) is 53.6 Å². The van der Waals surface area contributed by atoms with Crippen LogP contribution in [-0.2, 0) is 23.9 Å². The van der Waals surface area contributed by atoms with E-state index in [2.05, 4.69) is 5.10 Å². The second-order valence-electron chi connectivity index (χ2n) is 4.23. The maximum atomic E-state index is 13.3. The van der Waals surface area contributed by atoms with Gasteiger partial charge in [0.1, 0.15) is 5.82 Å². The molecule has 3 nitrogen and oxygen atoms in total. The van der Waals surface area contributed by atoms with Crippen LogP contribution in [0.25, 0.3) is 0 Å². The molecule has 2 rings (SSSR count). The molecule has 0 aliphatic heterocycles. The molecule has 0 N–H and O–H groups in total. The van der Waals surface area contributed by atoms with Crippen molar-refractivity contribution in [2.24, 2.45) is 0 Å². The summed E-state index contributed by atoms with van der Waals surface area (Å²) in [6.45, 7) is -0.329. The van der Waals surface area contributed by atoms with Crippen LogP contribution in [0.4, 0.5) is 17.6 Å². The van der Waals surface area contributed by atoms with E-state index in [1.807, 2.05) is 0 Å². The Morgan fingerprint density at radius 3 is 2.55 bits per heavy atom. The molecule has 20 heavy (non-hydrogen) atoms. The molecule has 1 heterocycles. The number of carbonyl (C=O) groups is 1. The number of ketones is 1. The van der Waals surface area contributed by atoms with Gasteiger partial charge in [0.2, 0.25) is 0 Å². The van der Waals surface area contributed by atoms with Crippen LogP contribution in [0.15, 0.2) is 36.7 Å². The summed E-state index contributed by atoms with van der Waals surface area (Å²) in [5.41, 5.74) is -0.711. The Hall–Kier alpha value is -2.18. The first-order chi connectivity index (χ1) is 9.36. The van der Waals surface area contributed by atoms with E-state index in [-0.39, 0.29) is 18.5 Å². The summed E-state index contributed by atoms with van der Waals surface area (Å²) in [5, 5.41) is 3.47. The number of hydrogen-bond acceptors (Lipinski definition) is 2. The molecule has 7 heteroatoms. The summed E-state index contributed by atoms with van der Waals surface area (Å²) in [6, 6.07) is 5.75. The molecule has 0 aliphatic carbocycles. The number of alkyl halides is 3. The fraction of sp³-hybridized carbons (Fsp3) is 0.231. The van der Waals surface area contributed by atoms with Crippen molar-refractivity contribution < 1.29 is 22.4 Å². The van der Waals surface area contributed by atoms with Gasteiger partial charge in [-0.1, -0.05) is 18.2 Å². The molecule has 2 aromatic rings. The third-order valence-electron chi connectivity index (χ3n) is 2.64. The molecule has 0 saturated heterocycles. The highest BCUT2D eigenvalue weighted by atomic mass is 19.4. The van der Waals surface area contributed by atoms with Crippen molar-refractivity contribution in [3.8, 4) is 0 Å². The van der Waals surface area contributed by atoms with E-state index in [0.717, 1.165) is 10.9 Å². The van der Waals surface area contributed by atoms with Crippen LogP contribution in [0.3, 0.4) is 0 Å². The summed E-state index contributed by atoms with van der Waals surface area (Å²) in [6.07, 6.45) is -3.28. The molecule has 1 aromatic carbocycles. The summed E-state index contributed by atoms with van der Waals surface area (Å²) < 4.78 is 51.3. The van der Waals surface area contributed by atoms with Crippen LogP contribution >= 0.6 is 0 Å². The predicted octanol–water partition coefficient (Wildman–Crippen LogP) is 2.85. The van der Waals surface area contributed by atoms with E-state index >= 15 is 0 Å². The van der Waals surface area contributed by atoms with Gasteiger partial charge < -0.3 is 0 Å². The highest BCUT2D eigenvalue weighted by Crippen LogP contribution is 2.28. The molecule has 0 fully saturated rings. The number of carbonyl (C=O) groups excluding carboxylic acids is 1. The van der Waals surface area contributed by atoms with Crippen molar-refractivity contribution in [2.75, 3.05) is 0 Å². The summed E-state index contributed by atoms with van der Waals surface area (Å²) in [4.78, 5) is 11.7. The number of hydrogen-bond donors (Lipinski definition) is 0. The zero-order chi connectivity index (χ0) is 14.8. The molecule has 0 saturated carbocycles. The minimum absolute atomic E-state index is 0.187. The number of nitrogens with zero attached hydrogens (tertiary/aromatic N) is 2. The van der Waals surface area contributed by atoms with E-state index in [0.29, 0.717) is 6.20 Å². The molecule has 0 amide bonds. The number of benzene rings is 1. The molecule has 0 spiro atoms.